The van der Waals surface area contributed by atoms with Crippen LogP contribution in [0.5, 0.6) is 0 Å². The van der Waals surface area contributed by atoms with E-state index in [2.05, 4.69) is 10.3 Å². The van der Waals surface area contributed by atoms with Crippen LogP contribution in [0.3, 0.4) is 0 Å². The predicted molar refractivity (Wildman–Crippen MR) is 128 cm³/mol. The average Bonchev–Trinajstić information content (AvgIpc) is 2.79. The highest BCUT2D eigenvalue weighted by Gasteiger charge is 2.27. The summed E-state index contributed by atoms with van der Waals surface area (Å²) in [7, 11) is 0.0205. The lowest BCUT2D eigenvalue weighted by atomic mass is 10.1. The number of hydrogen-bond donors (Lipinski definition) is 1. The van der Waals surface area contributed by atoms with Gasteiger partial charge in [-0.3, -0.25) is 4.79 Å². The smallest absolute Gasteiger partial charge is 0.274 e. The number of anilines is 2. The highest BCUT2D eigenvalue weighted by molar-refractivity contribution is 7.89. The maximum absolute atomic E-state index is 13.1. The highest BCUT2D eigenvalue weighted by Crippen LogP contribution is 2.31. The summed E-state index contributed by atoms with van der Waals surface area (Å²) in [5.74, 6) is -0.465. The van der Waals surface area contributed by atoms with Gasteiger partial charge in [0.05, 0.1) is 16.3 Å². The van der Waals surface area contributed by atoms with E-state index in [4.69, 9.17) is 11.6 Å². The van der Waals surface area contributed by atoms with E-state index < -0.39 is 15.9 Å². The van der Waals surface area contributed by atoms with E-state index in [9.17, 15) is 13.2 Å². The van der Waals surface area contributed by atoms with Gasteiger partial charge in [0.1, 0.15) is 10.8 Å². The summed E-state index contributed by atoms with van der Waals surface area (Å²) in [5, 5.41) is 4.63. The lowest BCUT2D eigenvalue weighted by molar-refractivity contribution is 0.102. The number of pyridine rings is 1. The molecule has 1 amide bonds. The van der Waals surface area contributed by atoms with Gasteiger partial charge in [-0.25, -0.2) is 13.4 Å². The molecule has 0 atom stereocenters. The molecule has 1 aromatic heterocycles. The molecule has 1 aliphatic rings. The van der Waals surface area contributed by atoms with Crippen LogP contribution in [-0.2, 0) is 10.0 Å². The first-order valence-corrected chi connectivity index (χ1v) is 12.3. The Hall–Kier alpha value is -2.68. The van der Waals surface area contributed by atoms with Crippen molar-refractivity contribution in [3.05, 3.63) is 59.4 Å². The Morgan fingerprint density at radius 1 is 1.06 bits per heavy atom. The van der Waals surface area contributed by atoms with Gasteiger partial charge in [0.25, 0.3) is 5.91 Å². The Morgan fingerprint density at radius 3 is 2.50 bits per heavy atom. The number of fused-ring (bicyclic) bond motifs is 1. The van der Waals surface area contributed by atoms with Gasteiger partial charge in [-0.1, -0.05) is 42.3 Å². The molecule has 4 rings (SSSR count). The SMILES string of the molecule is CN(C)c1ccc(S(=O)(=O)N2CCCCC2)cc1NC(=O)c1cc2ccccc2c(Cl)n1. The second kappa shape index (κ2) is 9.05. The molecular weight excluding hydrogens is 448 g/mol. The summed E-state index contributed by atoms with van der Waals surface area (Å²) in [5.41, 5.74) is 1.23. The largest absolute Gasteiger partial charge is 0.376 e. The number of sulfonamides is 1. The number of benzene rings is 2. The van der Waals surface area contributed by atoms with E-state index in [0.29, 0.717) is 24.5 Å². The zero-order valence-corrected chi connectivity index (χ0v) is 19.6. The number of rotatable bonds is 5. The summed E-state index contributed by atoms with van der Waals surface area (Å²) in [4.78, 5) is 19.2. The van der Waals surface area contributed by atoms with E-state index in [1.54, 1.807) is 18.2 Å². The molecule has 0 radical (unpaired) electrons. The second-order valence-electron chi connectivity index (χ2n) is 8.01. The summed E-state index contributed by atoms with van der Waals surface area (Å²) in [6.07, 6.45) is 2.74. The molecule has 0 unspecified atom stereocenters. The molecule has 1 saturated heterocycles. The molecular formula is C23H25ClN4O3S. The average molecular weight is 473 g/mol. The normalized spacial score (nSPS) is 15.0. The molecule has 0 spiro atoms. The standard InChI is InChI=1S/C23H25ClN4O3S/c1-27(2)21-11-10-17(32(30,31)28-12-6-3-7-13-28)15-19(21)26-23(29)20-14-16-8-4-5-9-18(16)22(24)25-20/h4-5,8-11,14-15H,3,6-7,12-13H2,1-2H3,(H,26,29). The quantitative estimate of drug-likeness (QED) is 0.557. The Labute approximate surface area is 193 Å². The third kappa shape index (κ3) is 4.44. The van der Waals surface area contributed by atoms with Gasteiger partial charge in [-0.15, -0.1) is 0 Å². The van der Waals surface area contributed by atoms with Crippen molar-refractivity contribution in [2.24, 2.45) is 0 Å². The van der Waals surface area contributed by atoms with Crippen LogP contribution in [0.15, 0.2) is 53.4 Å². The maximum Gasteiger partial charge on any atom is 0.274 e. The molecule has 2 aromatic carbocycles. The van der Waals surface area contributed by atoms with Gasteiger partial charge in [-0.05, 0) is 42.5 Å². The van der Waals surface area contributed by atoms with Crippen molar-refractivity contribution in [2.75, 3.05) is 37.4 Å². The van der Waals surface area contributed by atoms with E-state index in [1.165, 1.54) is 10.4 Å². The molecule has 2 heterocycles. The summed E-state index contributed by atoms with van der Waals surface area (Å²) in [6.45, 7) is 1.03. The Kier molecular flexibility index (Phi) is 6.37. The first kappa shape index (κ1) is 22.5. The molecule has 168 valence electrons. The topological polar surface area (TPSA) is 82.6 Å². The van der Waals surface area contributed by atoms with Crippen LogP contribution in [0.2, 0.25) is 5.15 Å². The number of nitrogens with one attached hydrogen (secondary N) is 1. The fourth-order valence-corrected chi connectivity index (χ4v) is 5.69. The Balaban J connectivity index is 1.69. The number of amides is 1. The number of nitrogens with zero attached hydrogens (tertiary/aromatic N) is 3. The zero-order valence-electron chi connectivity index (χ0n) is 18.0. The number of halogens is 1. The molecule has 0 bridgehead atoms. The van der Waals surface area contributed by atoms with Gasteiger partial charge in [-0.2, -0.15) is 4.31 Å². The van der Waals surface area contributed by atoms with Gasteiger partial charge in [0.2, 0.25) is 10.0 Å². The van der Waals surface area contributed by atoms with E-state index in [0.717, 1.165) is 30.0 Å². The minimum Gasteiger partial charge on any atom is -0.376 e. The second-order valence-corrected chi connectivity index (χ2v) is 10.3. The van der Waals surface area contributed by atoms with Crippen molar-refractivity contribution in [1.29, 1.82) is 0 Å². The van der Waals surface area contributed by atoms with Crippen LogP contribution in [0.25, 0.3) is 10.8 Å². The molecule has 9 heteroatoms. The van der Waals surface area contributed by atoms with Crippen LogP contribution in [0, 0.1) is 0 Å². The maximum atomic E-state index is 13.1. The van der Waals surface area contributed by atoms with Crippen LogP contribution in [-0.4, -0.2) is 50.8 Å². The van der Waals surface area contributed by atoms with Crippen molar-refractivity contribution < 1.29 is 13.2 Å². The van der Waals surface area contributed by atoms with E-state index in [1.807, 2.05) is 43.3 Å². The zero-order chi connectivity index (χ0) is 22.9. The number of aromatic nitrogens is 1. The van der Waals surface area contributed by atoms with Gasteiger partial charge in [0.15, 0.2) is 0 Å². The minimum absolute atomic E-state index is 0.155. The van der Waals surface area contributed by atoms with E-state index >= 15 is 0 Å². The Morgan fingerprint density at radius 2 is 1.78 bits per heavy atom. The summed E-state index contributed by atoms with van der Waals surface area (Å²) < 4.78 is 27.8. The van der Waals surface area contributed by atoms with E-state index in [-0.39, 0.29) is 15.7 Å². The number of carbonyl (C=O) groups excluding carboxylic acids is 1. The lowest BCUT2D eigenvalue weighted by Gasteiger charge is -2.26. The first-order chi connectivity index (χ1) is 15.3. The molecule has 1 fully saturated rings. The van der Waals surface area contributed by atoms with Crippen molar-refractivity contribution in [1.82, 2.24) is 9.29 Å². The number of hydrogen-bond acceptors (Lipinski definition) is 5. The first-order valence-electron chi connectivity index (χ1n) is 10.5. The third-order valence-corrected chi connectivity index (χ3v) is 7.76. The predicted octanol–water partition coefficient (Wildman–Crippen LogP) is 4.38. The monoisotopic (exact) mass is 472 g/mol. The van der Waals surface area contributed by atoms with Crippen molar-refractivity contribution in [2.45, 2.75) is 24.2 Å². The molecule has 3 aromatic rings. The number of piperidine rings is 1. The molecule has 1 N–H and O–H groups in total. The fraction of sp³-hybridized carbons (Fsp3) is 0.304. The lowest BCUT2D eigenvalue weighted by Crippen LogP contribution is -2.35. The summed E-state index contributed by atoms with van der Waals surface area (Å²) in [6, 6.07) is 13.9. The minimum atomic E-state index is -3.64. The van der Waals surface area contributed by atoms with Gasteiger partial charge >= 0.3 is 0 Å². The van der Waals surface area contributed by atoms with Crippen LogP contribution in [0.1, 0.15) is 29.8 Å². The van der Waals surface area contributed by atoms with Crippen LogP contribution >= 0.6 is 11.6 Å². The van der Waals surface area contributed by atoms with Crippen LogP contribution < -0.4 is 10.2 Å². The highest BCUT2D eigenvalue weighted by atomic mass is 35.5. The molecule has 7 nitrogen and oxygen atoms in total. The Bertz CT molecular complexity index is 1270. The molecule has 1 aliphatic heterocycles. The number of carbonyl (C=O) groups is 1. The molecule has 0 aliphatic carbocycles. The molecule has 0 saturated carbocycles. The third-order valence-electron chi connectivity index (χ3n) is 5.58. The fourth-order valence-electron chi connectivity index (χ4n) is 3.88. The van der Waals surface area contributed by atoms with Crippen molar-refractivity contribution in [3.8, 4) is 0 Å². The molecule has 32 heavy (non-hydrogen) atoms. The summed E-state index contributed by atoms with van der Waals surface area (Å²) >= 11 is 6.28. The van der Waals surface area contributed by atoms with Crippen LogP contribution in [0.4, 0.5) is 11.4 Å². The van der Waals surface area contributed by atoms with Crippen molar-refractivity contribution >= 4 is 49.7 Å². The van der Waals surface area contributed by atoms with Crippen molar-refractivity contribution in [3.63, 3.8) is 0 Å². The van der Waals surface area contributed by atoms with Gasteiger partial charge < -0.3 is 10.2 Å². The van der Waals surface area contributed by atoms with Gasteiger partial charge in [0, 0.05) is 32.6 Å².